The fourth-order valence-corrected chi connectivity index (χ4v) is 6.00. The number of hydrogen-bond acceptors (Lipinski definition) is 4. The van der Waals surface area contributed by atoms with Gasteiger partial charge in [0.15, 0.2) is 0 Å². The number of benzene rings is 1. The molecule has 1 amide bonds. The van der Waals surface area contributed by atoms with Gasteiger partial charge in [-0.1, -0.05) is 29.3 Å². The van der Waals surface area contributed by atoms with Gasteiger partial charge in [-0.05, 0) is 50.7 Å². The Morgan fingerprint density at radius 3 is 2.56 bits per heavy atom. The topological polar surface area (TPSA) is 86.7 Å². The van der Waals surface area contributed by atoms with Crippen LogP contribution in [-0.4, -0.2) is 49.0 Å². The molecule has 150 valence electrons. The van der Waals surface area contributed by atoms with Gasteiger partial charge in [0, 0.05) is 19.1 Å². The summed E-state index contributed by atoms with van der Waals surface area (Å²) in [6, 6.07) is 4.57. The van der Waals surface area contributed by atoms with Gasteiger partial charge in [-0.3, -0.25) is 4.79 Å². The molecule has 1 aromatic carbocycles. The highest BCUT2D eigenvalue weighted by atomic mass is 35.5. The monoisotopic (exact) mass is 434 g/mol. The molecule has 1 unspecified atom stereocenters. The summed E-state index contributed by atoms with van der Waals surface area (Å²) in [5.74, 6) is -0.508. The Balaban J connectivity index is 1.68. The van der Waals surface area contributed by atoms with Crippen molar-refractivity contribution in [2.45, 2.75) is 55.6 Å². The first kappa shape index (κ1) is 20.9. The largest absolute Gasteiger partial charge is 0.393 e. The third-order valence-corrected chi connectivity index (χ3v) is 8.17. The zero-order chi connectivity index (χ0) is 19.6. The Morgan fingerprint density at radius 1 is 1.15 bits per heavy atom. The highest BCUT2D eigenvalue weighted by molar-refractivity contribution is 7.89. The summed E-state index contributed by atoms with van der Waals surface area (Å²) in [6.45, 7) is 0.483. The molecule has 0 radical (unpaired) electrons. The number of nitrogens with zero attached hydrogens (tertiary/aromatic N) is 1. The summed E-state index contributed by atoms with van der Waals surface area (Å²) in [4.78, 5) is 12.6. The minimum atomic E-state index is -3.82. The first-order chi connectivity index (χ1) is 12.8. The SMILES string of the molecule is O=C(N[C@H]1CC[C@H](O)CC1)C1CCCN(S(=O)(=O)c2cccc(Cl)c2Cl)C1. The quantitative estimate of drug-likeness (QED) is 0.762. The predicted molar refractivity (Wildman–Crippen MR) is 104 cm³/mol. The van der Waals surface area contributed by atoms with Crippen molar-refractivity contribution in [3.63, 3.8) is 0 Å². The molecule has 1 saturated heterocycles. The molecule has 2 N–H and O–H groups in total. The molecule has 1 aliphatic carbocycles. The maximum Gasteiger partial charge on any atom is 0.244 e. The Kier molecular flexibility index (Phi) is 6.69. The van der Waals surface area contributed by atoms with Gasteiger partial charge in [-0.2, -0.15) is 4.31 Å². The first-order valence-corrected chi connectivity index (χ1v) is 11.4. The van der Waals surface area contributed by atoms with Gasteiger partial charge in [0.25, 0.3) is 0 Å². The van der Waals surface area contributed by atoms with E-state index < -0.39 is 15.9 Å². The number of piperidine rings is 1. The van der Waals surface area contributed by atoms with Crippen molar-refractivity contribution in [1.29, 1.82) is 0 Å². The van der Waals surface area contributed by atoms with E-state index in [0.717, 1.165) is 12.8 Å². The van der Waals surface area contributed by atoms with Crippen LogP contribution in [0.15, 0.2) is 23.1 Å². The number of aliphatic hydroxyl groups is 1. The van der Waals surface area contributed by atoms with Crippen LogP contribution in [0.2, 0.25) is 10.0 Å². The maximum atomic E-state index is 13.0. The second kappa shape index (κ2) is 8.66. The molecule has 1 atom stereocenters. The van der Waals surface area contributed by atoms with Crippen LogP contribution in [0.5, 0.6) is 0 Å². The van der Waals surface area contributed by atoms with Gasteiger partial charge >= 0.3 is 0 Å². The smallest absolute Gasteiger partial charge is 0.244 e. The summed E-state index contributed by atoms with van der Waals surface area (Å²) < 4.78 is 27.3. The van der Waals surface area contributed by atoms with Gasteiger partial charge in [-0.25, -0.2) is 8.42 Å². The van der Waals surface area contributed by atoms with Crippen molar-refractivity contribution in [3.8, 4) is 0 Å². The molecule has 27 heavy (non-hydrogen) atoms. The summed E-state index contributed by atoms with van der Waals surface area (Å²) >= 11 is 12.1. The van der Waals surface area contributed by atoms with Crippen LogP contribution < -0.4 is 5.32 Å². The summed E-state index contributed by atoms with van der Waals surface area (Å²) in [7, 11) is -3.82. The van der Waals surface area contributed by atoms with Crippen LogP contribution >= 0.6 is 23.2 Å². The molecular formula is C18H24Cl2N2O4S. The molecule has 6 nitrogen and oxygen atoms in total. The van der Waals surface area contributed by atoms with Crippen molar-refractivity contribution in [1.82, 2.24) is 9.62 Å². The molecule has 1 heterocycles. The van der Waals surface area contributed by atoms with Crippen LogP contribution in [0, 0.1) is 5.92 Å². The number of amides is 1. The fraction of sp³-hybridized carbons (Fsp3) is 0.611. The van der Waals surface area contributed by atoms with Crippen LogP contribution in [0.4, 0.5) is 0 Å². The normalized spacial score (nSPS) is 27.3. The lowest BCUT2D eigenvalue weighted by Gasteiger charge is -2.33. The Labute approximate surface area is 169 Å². The second-order valence-electron chi connectivity index (χ2n) is 7.27. The third-order valence-electron chi connectivity index (χ3n) is 5.33. The molecule has 1 aromatic rings. The number of hydrogen-bond donors (Lipinski definition) is 2. The minimum Gasteiger partial charge on any atom is -0.393 e. The second-order valence-corrected chi connectivity index (χ2v) is 9.96. The average Bonchev–Trinajstić information content (AvgIpc) is 2.65. The Hall–Kier alpha value is -0.860. The van der Waals surface area contributed by atoms with Crippen molar-refractivity contribution in [3.05, 3.63) is 28.2 Å². The van der Waals surface area contributed by atoms with Gasteiger partial charge < -0.3 is 10.4 Å². The molecule has 0 aromatic heterocycles. The summed E-state index contributed by atoms with van der Waals surface area (Å²) in [5.41, 5.74) is 0. The van der Waals surface area contributed by atoms with Crippen molar-refractivity contribution < 1.29 is 18.3 Å². The van der Waals surface area contributed by atoms with E-state index in [2.05, 4.69) is 5.32 Å². The van der Waals surface area contributed by atoms with E-state index in [1.165, 1.54) is 16.4 Å². The maximum absolute atomic E-state index is 13.0. The third kappa shape index (κ3) is 4.77. The van der Waals surface area contributed by atoms with Crippen molar-refractivity contribution in [2.75, 3.05) is 13.1 Å². The highest BCUT2D eigenvalue weighted by Crippen LogP contribution is 2.32. The molecule has 0 bridgehead atoms. The Morgan fingerprint density at radius 2 is 1.85 bits per heavy atom. The molecule has 0 spiro atoms. The van der Waals surface area contributed by atoms with Crippen LogP contribution in [0.25, 0.3) is 0 Å². The lowest BCUT2D eigenvalue weighted by atomic mass is 9.92. The minimum absolute atomic E-state index is 0.00602. The van der Waals surface area contributed by atoms with E-state index in [4.69, 9.17) is 23.2 Å². The molecule has 2 aliphatic rings. The molecule has 9 heteroatoms. The molecule has 1 aliphatic heterocycles. The predicted octanol–water partition coefficient (Wildman–Crippen LogP) is 2.81. The van der Waals surface area contributed by atoms with Crippen LogP contribution in [0.3, 0.4) is 0 Å². The lowest BCUT2D eigenvalue weighted by Crippen LogP contribution is -2.48. The first-order valence-electron chi connectivity index (χ1n) is 9.21. The lowest BCUT2D eigenvalue weighted by molar-refractivity contribution is -0.127. The standard InChI is InChI=1S/C18H24Cl2N2O4S/c19-15-4-1-5-16(17(15)20)27(25,26)22-10-2-3-12(11-22)18(24)21-13-6-8-14(23)9-7-13/h1,4-5,12-14,23H,2-3,6-11H2,(H,21,24)/t12?,13-,14-. The number of aliphatic hydroxyl groups excluding tert-OH is 1. The van der Waals surface area contributed by atoms with Crippen molar-refractivity contribution in [2.24, 2.45) is 5.92 Å². The number of sulfonamides is 1. The fourth-order valence-electron chi connectivity index (χ4n) is 3.74. The molecule has 2 fully saturated rings. The number of halogens is 2. The number of carbonyl (C=O) groups excluding carboxylic acids is 1. The van der Waals surface area contributed by atoms with Crippen LogP contribution in [-0.2, 0) is 14.8 Å². The van der Waals surface area contributed by atoms with E-state index in [1.54, 1.807) is 6.07 Å². The molecular weight excluding hydrogens is 411 g/mol. The van der Waals surface area contributed by atoms with E-state index >= 15 is 0 Å². The van der Waals surface area contributed by atoms with Crippen LogP contribution in [0.1, 0.15) is 38.5 Å². The van der Waals surface area contributed by atoms with E-state index in [0.29, 0.717) is 32.2 Å². The van der Waals surface area contributed by atoms with Gasteiger partial charge in [0.2, 0.25) is 15.9 Å². The highest BCUT2D eigenvalue weighted by Gasteiger charge is 2.35. The van der Waals surface area contributed by atoms with Gasteiger partial charge in [-0.15, -0.1) is 0 Å². The molecule has 3 rings (SSSR count). The number of rotatable bonds is 4. The Bertz CT molecular complexity index is 795. The van der Waals surface area contributed by atoms with Crippen molar-refractivity contribution >= 4 is 39.1 Å². The number of carbonyl (C=O) groups is 1. The number of nitrogens with one attached hydrogen (secondary N) is 1. The van der Waals surface area contributed by atoms with Gasteiger partial charge in [0.05, 0.1) is 22.1 Å². The zero-order valence-corrected chi connectivity index (χ0v) is 17.2. The average molecular weight is 435 g/mol. The van der Waals surface area contributed by atoms with E-state index in [-0.39, 0.29) is 39.5 Å². The van der Waals surface area contributed by atoms with Gasteiger partial charge in [0.1, 0.15) is 4.90 Å². The zero-order valence-electron chi connectivity index (χ0n) is 14.9. The molecule has 1 saturated carbocycles. The van der Waals surface area contributed by atoms with E-state index in [9.17, 15) is 18.3 Å². The summed E-state index contributed by atoms with van der Waals surface area (Å²) in [5, 5.41) is 12.8. The summed E-state index contributed by atoms with van der Waals surface area (Å²) in [6.07, 6.45) is 3.85. The van der Waals surface area contributed by atoms with E-state index in [1.807, 2.05) is 0 Å².